The van der Waals surface area contributed by atoms with Crippen molar-refractivity contribution in [1.29, 1.82) is 0 Å². The van der Waals surface area contributed by atoms with Crippen LogP contribution in [0, 0.1) is 63.3 Å². The van der Waals surface area contributed by atoms with E-state index < -0.39 is 0 Å². The van der Waals surface area contributed by atoms with Crippen molar-refractivity contribution < 1.29 is 21.9 Å². The number of hydrogen-bond donors (Lipinski definition) is 1. The van der Waals surface area contributed by atoms with Crippen LogP contribution in [0.5, 0.6) is 0 Å². The van der Waals surface area contributed by atoms with Crippen LogP contribution in [-0.4, -0.2) is 6.29 Å². The fourth-order valence-electron chi connectivity index (χ4n) is 0.876. The molecule has 0 heterocycles. The molecule has 0 atom stereocenters. The summed E-state index contributed by atoms with van der Waals surface area (Å²) in [6.45, 7) is 0. The maximum atomic E-state index is 10.0. The second kappa shape index (κ2) is 8.46. The molecular formula is C11H11FeNO+2. The molecule has 0 aliphatic heterocycles. The largest absolute Gasteiger partial charge is 2.00 e. The summed E-state index contributed by atoms with van der Waals surface area (Å²) in [4.78, 5) is 10.0. The van der Waals surface area contributed by atoms with Crippen molar-refractivity contribution >= 4 is 6.29 Å². The predicted molar refractivity (Wildman–Crippen MR) is 51.1 cm³/mol. The molecule has 0 bridgehead atoms. The van der Waals surface area contributed by atoms with Crippen LogP contribution in [0.4, 0.5) is 0 Å². The topological polar surface area (TPSA) is 43.1 Å². The van der Waals surface area contributed by atoms with Crippen molar-refractivity contribution in [1.82, 2.24) is 0 Å². The Hall–Kier alpha value is 0.149. The van der Waals surface area contributed by atoms with Crippen LogP contribution < -0.4 is 5.73 Å². The van der Waals surface area contributed by atoms with Crippen LogP contribution in [0.25, 0.3) is 0 Å². The Bertz CT molecular complexity index is 141. The number of carbonyl (C=O) groups excluding carboxylic acids is 1. The third-order valence-corrected chi connectivity index (χ3v) is 1.57. The van der Waals surface area contributed by atoms with E-state index >= 15 is 0 Å². The Morgan fingerprint density at radius 3 is 1.64 bits per heavy atom. The van der Waals surface area contributed by atoms with Crippen molar-refractivity contribution in [2.75, 3.05) is 0 Å². The molecule has 0 aromatic heterocycles. The van der Waals surface area contributed by atoms with Gasteiger partial charge in [-0.1, -0.05) is 0 Å². The molecule has 0 aromatic rings. The molecule has 10 radical (unpaired) electrons. The van der Waals surface area contributed by atoms with Gasteiger partial charge in [0.25, 0.3) is 0 Å². The molecule has 2 aliphatic carbocycles. The molecule has 2 aliphatic rings. The van der Waals surface area contributed by atoms with E-state index in [1.54, 1.807) is 19.3 Å². The number of nitrogens with two attached hydrogens (primary N) is 1. The Balaban J connectivity index is 0.000000246. The zero-order chi connectivity index (χ0) is 9.52. The van der Waals surface area contributed by atoms with E-state index in [-0.39, 0.29) is 17.1 Å². The molecule has 2 rings (SSSR count). The summed E-state index contributed by atoms with van der Waals surface area (Å²) in [5, 5.41) is 0. The van der Waals surface area contributed by atoms with Gasteiger partial charge in [0.1, 0.15) is 6.29 Å². The first-order chi connectivity index (χ1) is 6.34. The second-order valence-electron chi connectivity index (χ2n) is 2.52. The standard InChI is InChI=1S/C6H6NO.C5H5.Fe/c7-6-3-1-2-5(6)4-8;1-2-4-5-3-1;/h1-4H,7H2;1-5H;/q;;+2. The van der Waals surface area contributed by atoms with Gasteiger partial charge in [-0.15, -0.1) is 0 Å². The van der Waals surface area contributed by atoms with E-state index in [0.29, 0.717) is 12.0 Å². The van der Waals surface area contributed by atoms with Gasteiger partial charge in [0.2, 0.25) is 0 Å². The molecule has 2 fully saturated rings. The molecule has 2 nitrogen and oxygen atoms in total. The number of hydrogen-bond acceptors (Lipinski definition) is 2. The van der Waals surface area contributed by atoms with Gasteiger partial charge in [0, 0.05) is 0 Å². The third-order valence-electron chi connectivity index (χ3n) is 1.57. The van der Waals surface area contributed by atoms with Crippen LogP contribution in [-0.2, 0) is 21.9 Å². The van der Waals surface area contributed by atoms with Crippen molar-refractivity contribution in [2.24, 2.45) is 5.73 Å². The van der Waals surface area contributed by atoms with Crippen molar-refractivity contribution in [3.8, 4) is 0 Å². The van der Waals surface area contributed by atoms with E-state index in [4.69, 9.17) is 5.73 Å². The van der Waals surface area contributed by atoms with Crippen LogP contribution in [0.3, 0.4) is 0 Å². The zero-order valence-electron chi connectivity index (χ0n) is 7.54. The Morgan fingerprint density at radius 1 is 0.929 bits per heavy atom. The molecule has 72 valence electrons. The maximum absolute atomic E-state index is 10.0. The van der Waals surface area contributed by atoms with Crippen molar-refractivity contribution in [2.45, 2.75) is 0 Å². The first-order valence-electron chi connectivity index (χ1n) is 3.97. The minimum atomic E-state index is 0. The zero-order valence-corrected chi connectivity index (χ0v) is 8.64. The molecule has 0 unspecified atom stereocenters. The summed E-state index contributed by atoms with van der Waals surface area (Å²) in [6.07, 6.45) is 15.9. The molecule has 2 saturated carbocycles. The molecule has 0 saturated heterocycles. The SMILES string of the molecule is N[C]1[CH][CH][CH][C]1C=O.[CH]1[CH][CH][CH][CH]1.[Fe+2]. The molecule has 2 N–H and O–H groups in total. The summed E-state index contributed by atoms with van der Waals surface area (Å²) in [6, 6.07) is 0.556. The Labute approximate surface area is 97.5 Å². The van der Waals surface area contributed by atoms with Crippen molar-refractivity contribution in [3.63, 3.8) is 0 Å². The fourth-order valence-corrected chi connectivity index (χ4v) is 0.876. The Kier molecular flexibility index (Phi) is 8.55. The quantitative estimate of drug-likeness (QED) is 0.536. The van der Waals surface area contributed by atoms with Gasteiger partial charge in [-0.05, 0) is 51.4 Å². The average Bonchev–Trinajstić information content (AvgIpc) is 2.76. The van der Waals surface area contributed by atoms with E-state index in [0.717, 1.165) is 6.29 Å². The average molecular weight is 229 g/mol. The van der Waals surface area contributed by atoms with Gasteiger partial charge < -0.3 is 10.5 Å². The second-order valence-corrected chi connectivity index (χ2v) is 2.52. The van der Waals surface area contributed by atoms with E-state index in [9.17, 15) is 4.79 Å². The molecular weight excluding hydrogens is 218 g/mol. The fraction of sp³-hybridized carbons (Fsp3) is 0. The van der Waals surface area contributed by atoms with Crippen LogP contribution in [0.1, 0.15) is 0 Å². The van der Waals surface area contributed by atoms with Crippen LogP contribution in [0.15, 0.2) is 0 Å². The van der Waals surface area contributed by atoms with Gasteiger partial charge in [0.15, 0.2) is 0 Å². The van der Waals surface area contributed by atoms with Gasteiger partial charge in [0.05, 0.1) is 12.0 Å². The summed E-state index contributed by atoms with van der Waals surface area (Å²) in [5.74, 6) is 0.574. The number of rotatable bonds is 1. The van der Waals surface area contributed by atoms with Gasteiger partial charge >= 0.3 is 17.1 Å². The molecule has 14 heavy (non-hydrogen) atoms. The summed E-state index contributed by atoms with van der Waals surface area (Å²) in [7, 11) is 0. The maximum Gasteiger partial charge on any atom is 2.00 e. The van der Waals surface area contributed by atoms with Crippen LogP contribution in [0.2, 0.25) is 0 Å². The predicted octanol–water partition coefficient (Wildman–Crippen LogP) is 0.896. The Morgan fingerprint density at radius 2 is 1.43 bits per heavy atom. The summed E-state index contributed by atoms with van der Waals surface area (Å²) >= 11 is 0. The van der Waals surface area contributed by atoms with E-state index in [1.807, 2.05) is 32.1 Å². The number of carbonyl (C=O) groups is 1. The van der Waals surface area contributed by atoms with Gasteiger partial charge in [-0.3, -0.25) is 0 Å². The molecule has 0 amide bonds. The van der Waals surface area contributed by atoms with E-state index in [2.05, 4.69) is 0 Å². The minimum Gasteiger partial charge on any atom is -0.322 e. The first kappa shape index (κ1) is 14.1. The monoisotopic (exact) mass is 229 g/mol. The summed E-state index contributed by atoms with van der Waals surface area (Å²) in [5.41, 5.74) is 5.32. The van der Waals surface area contributed by atoms with Crippen LogP contribution >= 0.6 is 0 Å². The minimum absolute atomic E-state index is 0. The number of aldehydes is 1. The van der Waals surface area contributed by atoms with Crippen molar-refractivity contribution in [3.05, 3.63) is 63.3 Å². The first-order valence-corrected chi connectivity index (χ1v) is 3.97. The molecule has 0 spiro atoms. The van der Waals surface area contributed by atoms with Gasteiger partial charge in [-0.2, -0.15) is 0 Å². The molecule has 0 aromatic carbocycles. The molecule has 3 heteroatoms. The third kappa shape index (κ3) is 5.14. The van der Waals surface area contributed by atoms with Gasteiger partial charge in [-0.25, -0.2) is 0 Å². The summed E-state index contributed by atoms with van der Waals surface area (Å²) < 4.78 is 0. The normalized spacial score (nSPS) is 22.4. The smallest absolute Gasteiger partial charge is 0.322 e. The van der Waals surface area contributed by atoms with E-state index in [1.165, 1.54) is 0 Å².